The summed E-state index contributed by atoms with van der Waals surface area (Å²) >= 11 is 0. The average molecular weight is 350 g/mol. The van der Waals surface area contributed by atoms with Gasteiger partial charge in [-0.15, -0.1) is 0 Å². The van der Waals surface area contributed by atoms with Gasteiger partial charge in [0.15, 0.2) is 0 Å². The maximum atomic E-state index is 13.3. The number of fused-ring (bicyclic) bond motifs is 1. The first-order chi connectivity index (χ1) is 12.0. The van der Waals surface area contributed by atoms with E-state index >= 15 is 0 Å². The van der Waals surface area contributed by atoms with Gasteiger partial charge in [0.25, 0.3) is 0 Å². The van der Waals surface area contributed by atoms with Crippen LogP contribution >= 0.6 is 0 Å². The van der Waals surface area contributed by atoms with E-state index in [0.29, 0.717) is 0 Å². The molecule has 0 aliphatic heterocycles. The molecule has 0 radical (unpaired) electrons. The van der Waals surface area contributed by atoms with Gasteiger partial charge >= 0.3 is 5.69 Å². The van der Waals surface area contributed by atoms with Crippen LogP contribution in [0.1, 0.15) is 5.56 Å². The summed E-state index contributed by atoms with van der Waals surface area (Å²) in [5.74, 6) is -0.818. The van der Waals surface area contributed by atoms with Crippen molar-refractivity contribution in [3.63, 3.8) is 0 Å². The number of aromatic nitrogens is 4. The van der Waals surface area contributed by atoms with Gasteiger partial charge in [-0.25, -0.2) is 23.3 Å². The van der Waals surface area contributed by atoms with Crippen molar-refractivity contribution in [3.8, 4) is 5.88 Å². The Morgan fingerprint density at radius 1 is 1.40 bits per heavy atom. The van der Waals surface area contributed by atoms with Crippen LogP contribution in [0.2, 0.25) is 0 Å². The molecule has 11 heteroatoms. The van der Waals surface area contributed by atoms with Gasteiger partial charge in [0.1, 0.15) is 24.5 Å². The number of nitro groups is 1. The summed E-state index contributed by atoms with van der Waals surface area (Å²) in [7, 11) is 0. The van der Waals surface area contributed by atoms with Crippen molar-refractivity contribution in [3.05, 3.63) is 52.2 Å². The molecule has 3 aromatic heterocycles. The lowest BCUT2D eigenvalue weighted by Gasteiger charge is -2.22. The fourth-order valence-electron chi connectivity index (χ4n) is 2.32. The van der Waals surface area contributed by atoms with E-state index in [4.69, 9.17) is 0 Å². The predicted molar refractivity (Wildman–Crippen MR) is 82.5 cm³/mol. The lowest BCUT2D eigenvalue weighted by molar-refractivity contribution is -0.383. The van der Waals surface area contributed by atoms with Crippen molar-refractivity contribution < 1.29 is 18.8 Å². The van der Waals surface area contributed by atoms with Crippen LogP contribution in [0.3, 0.4) is 0 Å². The molecule has 130 valence electrons. The first kappa shape index (κ1) is 16.5. The van der Waals surface area contributed by atoms with Gasteiger partial charge in [0.2, 0.25) is 11.5 Å². The van der Waals surface area contributed by atoms with Gasteiger partial charge < -0.3 is 10.0 Å². The average Bonchev–Trinajstić information content (AvgIpc) is 3.01. The molecule has 0 spiro atoms. The summed E-state index contributed by atoms with van der Waals surface area (Å²) in [6.07, 6.45) is 3.37. The summed E-state index contributed by atoms with van der Waals surface area (Å²) < 4.78 is 27.5. The van der Waals surface area contributed by atoms with Crippen LogP contribution in [0.5, 0.6) is 5.88 Å². The number of alkyl halides is 1. The standard InChI is InChI=1S/C14H12F2N6O3/c15-2-4-20(8-9-5-10(16)6-17-14(9)23)12-1-3-21-13(19-12)11(7-18-21)22(24)25/h1,3,5-7H,2,4,8H2,(H,17,23). The topological polar surface area (TPSA) is 110 Å². The smallest absolute Gasteiger partial charge is 0.333 e. The van der Waals surface area contributed by atoms with Crippen LogP contribution in [0, 0.1) is 15.9 Å². The zero-order valence-corrected chi connectivity index (χ0v) is 12.7. The summed E-state index contributed by atoms with van der Waals surface area (Å²) in [5.41, 5.74) is -0.164. The molecule has 0 atom stereocenters. The molecule has 0 saturated heterocycles. The van der Waals surface area contributed by atoms with Crippen molar-refractivity contribution >= 4 is 17.2 Å². The molecule has 0 aromatic carbocycles. The summed E-state index contributed by atoms with van der Waals surface area (Å²) in [6.45, 7) is -0.926. The maximum Gasteiger partial charge on any atom is 0.333 e. The zero-order valence-electron chi connectivity index (χ0n) is 12.7. The Balaban J connectivity index is 1.99. The highest BCUT2D eigenvalue weighted by molar-refractivity contribution is 5.61. The molecule has 0 fully saturated rings. The summed E-state index contributed by atoms with van der Waals surface area (Å²) in [5, 5.41) is 24.6. The normalized spacial score (nSPS) is 11.0. The Labute approximate surface area is 139 Å². The SMILES string of the molecule is O=[N+]([O-])c1cnn2ccc(N(CCF)Cc3cc(F)cnc3O)nc12. The van der Waals surface area contributed by atoms with Crippen molar-refractivity contribution in [2.75, 3.05) is 18.1 Å². The minimum absolute atomic E-state index is 0.00653. The molecule has 1 N–H and O–H groups in total. The third-order valence-electron chi connectivity index (χ3n) is 3.48. The molecule has 0 amide bonds. The first-order valence-corrected chi connectivity index (χ1v) is 7.12. The first-order valence-electron chi connectivity index (χ1n) is 7.12. The molecule has 0 aliphatic rings. The molecule has 0 aliphatic carbocycles. The number of nitrogens with zero attached hydrogens (tertiary/aromatic N) is 6. The van der Waals surface area contributed by atoms with Crippen molar-refractivity contribution in [2.24, 2.45) is 0 Å². The summed E-state index contributed by atoms with van der Waals surface area (Å²) in [4.78, 5) is 19.4. The van der Waals surface area contributed by atoms with E-state index in [0.717, 1.165) is 18.5 Å². The molecule has 9 nitrogen and oxygen atoms in total. The maximum absolute atomic E-state index is 13.3. The van der Waals surface area contributed by atoms with Gasteiger partial charge in [0.05, 0.1) is 11.1 Å². The number of anilines is 1. The largest absolute Gasteiger partial charge is 0.493 e. The van der Waals surface area contributed by atoms with Crippen LogP contribution < -0.4 is 4.90 Å². The highest BCUT2D eigenvalue weighted by Gasteiger charge is 2.19. The Bertz CT molecular complexity index is 932. The number of hydrogen-bond acceptors (Lipinski definition) is 7. The fourth-order valence-corrected chi connectivity index (χ4v) is 2.32. The van der Waals surface area contributed by atoms with E-state index in [1.165, 1.54) is 21.7 Å². The van der Waals surface area contributed by atoms with Crippen molar-refractivity contribution in [1.82, 2.24) is 19.6 Å². The van der Waals surface area contributed by atoms with Crippen LogP contribution in [-0.4, -0.2) is 42.8 Å². The van der Waals surface area contributed by atoms with E-state index in [-0.39, 0.29) is 41.7 Å². The van der Waals surface area contributed by atoms with Crippen LogP contribution in [0.25, 0.3) is 5.65 Å². The minimum atomic E-state index is -0.738. The fraction of sp³-hybridized carbons (Fsp3) is 0.214. The third-order valence-corrected chi connectivity index (χ3v) is 3.48. The quantitative estimate of drug-likeness (QED) is 0.533. The van der Waals surface area contributed by atoms with E-state index < -0.39 is 17.4 Å². The number of rotatable bonds is 6. The second kappa shape index (κ2) is 6.63. The third kappa shape index (κ3) is 3.29. The van der Waals surface area contributed by atoms with E-state index in [1.807, 2.05) is 0 Å². The van der Waals surface area contributed by atoms with Gasteiger partial charge in [0, 0.05) is 24.8 Å². The molecular formula is C14H12F2N6O3. The van der Waals surface area contributed by atoms with Gasteiger partial charge in [-0.2, -0.15) is 5.10 Å². The molecule has 3 rings (SSSR count). The van der Waals surface area contributed by atoms with Gasteiger partial charge in [-0.1, -0.05) is 0 Å². The lowest BCUT2D eigenvalue weighted by atomic mass is 10.2. The monoisotopic (exact) mass is 350 g/mol. The Morgan fingerprint density at radius 2 is 2.20 bits per heavy atom. The minimum Gasteiger partial charge on any atom is -0.493 e. The number of aromatic hydroxyl groups is 1. The molecular weight excluding hydrogens is 338 g/mol. The molecule has 3 heterocycles. The van der Waals surface area contributed by atoms with Crippen LogP contribution in [-0.2, 0) is 6.54 Å². The molecule has 3 aromatic rings. The number of pyridine rings is 1. The lowest BCUT2D eigenvalue weighted by Crippen LogP contribution is -2.26. The van der Waals surface area contributed by atoms with E-state index in [1.54, 1.807) is 0 Å². The van der Waals surface area contributed by atoms with E-state index in [9.17, 15) is 24.0 Å². The second-order valence-electron chi connectivity index (χ2n) is 5.09. The Morgan fingerprint density at radius 3 is 2.92 bits per heavy atom. The summed E-state index contributed by atoms with van der Waals surface area (Å²) in [6, 6.07) is 2.57. The van der Waals surface area contributed by atoms with Gasteiger partial charge in [-0.05, 0) is 12.1 Å². The highest BCUT2D eigenvalue weighted by Crippen LogP contribution is 2.23. The van der Waals surface area contributed by atoms with Crippen LogP contribution in [0.4, 0.5) is 20.3 Å². The highest BCUT2D eigenvalue weighted by atomic mass is 19.1. The second-order valence-corrected chi connectivity index (χ2v) is 5.09. The van der Waals surface area contributed by atoms with Crippen molar-refractivity contribution in [1.29, 1.82) is 0 Å². The van der Waals surface area contributed by atoms with Crippen LogP contribution in [0.15, 0.2) is 30.7 Å². The molecule has 0 bridgehead atoms. The van der Waals surface area contributed by atoms with Gasteiger partial charge in [-0.3, -0.25) is 10.1 Å². The molecule has 25 heavy (non-hydrogen) atoms. The predicted octanol–water partition coefficient (Wildman–Crippen LogP) is 1.85. The zero-order chi connectivity index (χ0) is 18.0. The number of hydrogen-bond donors (Lipinski definition) is 1. The number of halogens is 2. The Kier molecular flexibility index (Phi) is 4.37. The molecule has 0 unspecified atom stereocenters. The van der Waals surface area contributed by atoms with Crippen molar-refractivity contribution in [2.45, 2.75) is 6.54 Å². The Hall–Kier alpha value is -3.37. The molecule has 0 saturated carbocycles. The van der Waals surface area contributed by atoms with E-state index in [2.05, 4.69) is 15.1 Å².